The summed E-state index contributed by atoms with van der Waals surface area (Å²) in [5, 5.41) is 12.6. The summed E-state index contributed by atoms with van der Waals surface area (Å²) < 4.78 is 33.1. The van der Waals surface area contributed by atoms with Crippen molar-refractivity contribution < 1.29 is 18.3 Å². The summed E-state index contributed by atoms with van der Waals surface area (Å²) in [5.41, 5.74) is 1.88. The lowest BCUT2D eigenvalue weighted by Crippen LogP contribution is -2.52. The average Bonchev–Trinajstić information content (AvgIpc) is 3.48. The number of alkyl halides is 2. The minimum absolute atomic E-state index is 0.287. The number of rotatable bonds is 4. The molecule has 1 aromatic carbocycles. The number of hydrogen-bond donors (Lipinski definition) is 1. The van der Waals surface area contributed by atoms with Gasteiger partial charge in [-0.1, -0.05) is 23.5 Å². The molecule has 2 aliphatic heterocycles. The second-order valence-electron chi connectivity index (χ2n) is 9.48. The Hall–Kier alpha value is -3.46. The number of likely N-dealkylation sites (N-methyl/N-ethyl adjacent to an activating group) is 1. The smallest absolute Gasteiger partial charge is 0.323 e. The van der Waals surface area contributed by atoms with Crippen molar-refractivity contribution in [2.75, 3.05) is 45.2 Å². The standard InChI is InChI=1S/C26H26F2N6O2S/c1-16-10-19(12-20(30-16)23(27)28)22-21(18-5-3-4-17(11-18)13-29)31-24(37-22)32-25(35)34-7-6-26(15-34)14-33(2)8-9-36-26/h3-5,10-12,23H,6-9,14-15H2,1-2H3,(H,31,32,35). The second-order valence-corrected chi connectivity index (χ2v) is 10.5. The first-order valence-electron chi connectivity index (χ1n) is 11.9. The number of likely N-dealkylation sites (tertiary alicyclic amines) is 1. The number of morpholine rings is 1. The maximum Gasteiger partial charge on any atom is 0.323 e. The number of nitrogens with one attached hydrogen (secondary N) is 1. The number of carbonyl (C=O) groups is 1. The molecular weight excluding hydrogens is 498 g/mol. The molecule has 2 saturated heterocycles. The lowest BCUT2D eigenvalue weighted by atomic mass is 10.0. The zero-order valence-corrected chi connectivity index (χ0v) is 21.3. The second kappa shape index (κ2) is 10.1. The van der Waals surface area contributed by atoms with Gasteiger partial charge in [-0.3, -0.25) is 10.3 Å². The molecule has 0 aliphatic carbocycles. The molecule has 4 heterocycles. The topological polar surface area (TPSA) is 94.4 Å². The number of carbonyl (C=O) groups excluding carboxylic acids is 1. The zero-order valence-electron chi connectivity index (χ0n) is 20.5. The van der Waals surface area contributed by atoms with Crippen molar-refractivity contribution in [3.63, 3.8) is 0 Å². The highest BCUT2D eigenvalue weighted by Crippen LogP contribution is 2.40. The Labute approximate surface area is 217 Å². The first-order valence-corrected chi connectivity index (χ1v) is 12.7. The molecule has 1 unspecified atom stereocenters. The Balaban J connectivity index is 1.46. The number of hydrogen-bond acceptors (Lipinski definition) is 7. The van der Waals surface area contributed by atoms with Crippen molar-refractivity contribution in [2.45, 2.75) is 25.4 Å². The van der Waals surface area contributed by atoms with Gasteiger partial charge in [-0.15, -0.1) is 0 Å². The van der Waals surface area contributed by atoms with Crippen LogP contribution < -0.4 is 5.32 Å². The van der Waals surface area contributed by atoms with Gasteiger partial charge in [0.15, 0.2) is 5.13 Å². The summed E-state index contributed by atoms with van der Waals surface area (Å²) in [6, 6.07) is 11.8. The lowest BCUT2D eigenvalue weighted by Gasteiger charge is -2.38. The molecule has 1 atom stereocenters. The Morgan fingerprint density at radius 3 is 2.81 bits per heavy atom. The molecule has 2 aromatic heterocycles. The molecule has 2 fully saturated rings. The van der Waals surface area contributed by atoms with Gasteiger partial charge in [0.2, 0.25) is 0 Å². The van der Waals surface area contributed by atoms with E-state index in [-0.39, 0.29) is 17.3 Å². The maximum absolute atomic E-state index is 13.5. The fraction of sp³-hybridized carbons (Fsp3) is 0.385. The minimum atomic E-state index is -2.72. The number of ether oxygens (including phenoxy) is 1. The number of thiazole rings is 1. The predicted octanol–water partition coefficient (Wildman–Crippen LogP) is 4.93. The third-order valence-electron chi connectivity index (χ3n) is 6.61. The fourth-order valence-electron chi connectivity index (χ4n) is 4.91. The normalized spacial score (nSPS) is 19.9. The Morgan fingerprint density at radius 2 is 2.05 bits per heavy atom. The van der Waals surface area contributed by atoms with Crippen molar-refractivity contribution in [3.8, 4) is 27.8 Å². The summed E-state index contributed by atoms with van der Waals surface area (Å²) in [6.07, 6.45) is -1.97. The zero-order chi connectivity index (χ0) is 26.2. The highest BCUT2D eigenvalue weighted by molar-refractivity contribution is 7.19. The van der Waals surface area contributed by atoms with Crippen molar-refractivity contribution in [3.05, 3.63) is 53.3 Å². The van der Waals surface area contributed by atoms with Crippen LogP contribution in [0.15, 0.2) is 36.4 Å². The SMILES string of the molecule is Cc1cc(-c2sc(NC(=O)N3CCC4(CN(C)CCO4)C3)nc2-c2cccc(C#N)c2)cc(C(F)F)n1. The number of nitrogens with zero attached hydrogens (tertiary/aromatic N) is 5. The first kappa shape index (κ1) is 25.2. The van der Waals surface area contributed by atoms with Crippen LogP contribution in [0.4, 0.5) is 18.7 Å². The van der Waals surface area contributed by atoms with Crippen LogP contribution in [0, 0.1) is 18.3 Å². The van der Waals surface area contributed by atoms with Gasteiger partial charge in [-0.2, -0.15) is 5.26 Å². The molecule has 0 saturated carbocycles. The van der Waals surface area contributed by atoms with Crippen molar-refractivity contribution in [1.82, 2.24) is 19.8 Å². The maximum atomic E-state index is 13.5. The van der Waals surface area contributed by atoms with Gasteiger partial charge in [-0.05, 0) is 50.2 Å². The van der Waals surface area contributed by atoms with E-state index < -0.39 is 6.43 Å². The van der Waals surface area contributed by atoms with Crippen molar-refractivity contribution in [1.29, 1.82) is 5.26 Å². The van der Waals surface area contributed by atoms with Gasteiger partial charge >= 0.3 is 6.03 Å². The molecule has 37 heavy (non-hydrogen) atoms. The van der Waals surface area contributed by atoms with Gasteiger partial charge in [0.05, 0.1) is 35.4 Å². The van der Waals surface area contributed by atoms with Gasteiger partial charge in [0.1, 0.15) is 11.3 Å². The monoisotopic (exact) mass is 524 g/mol. The predicted molar refractivity (Wildman–Crippen MR) is 137 cm³/mol. The molecule has 3 aromatic rings. The molecule has 2 amide bonds. The lowest BCUT2D eigenvalue weighted by molar-refractivity contribution is -0.0931. The van der Waals surface area contributed by atoms with Crippen LogP contribution in [0.3, 0.4) is 0 Å². The van der Waals surface area contributed by atoms with E-state index in [0.29, 0.717) is 57.8 Å². The average molecular weight is 525 g/mol. The number of aryl methyl sites for hydroxylation is 1. The summed E-state index contributed by atoms with van der Waals surface area (Å²) in [7, 11) is 2.05. The van der Waals surface area contributed by atoms with Crippen LogP contribution in [0.1, 0.15) is 29.8 Å². The largest absolute Gasteiger partial charge is 0.370 e. The van der Waals surface area contributed by atoms with E-state index in [9.17, 15) is 18.8 Å². The molecule has 2 aliphatic rings. The number of amides is 2. The molecule has 8 nitrogen and oxygen atoms in total. The molecule has 0 bridgehead atoms. The van der Waals surface area contributed by atoms with E-state index >= 15 is 0 Å². The Bertz CT molecular complexity index is 1370. The molecule has 192 valence electrons. The van der Waals surface area contributed by atoms with Crippen LogP contribution in [0.25, 0.3) is 21.7 Å². The molecular formula is C26H26F2N6O2S. The quantitative estimate of drug-likeness (QED) is 0.520. The van der Waals surface area contributed by atoms with Crippen LogP contribution in [0.5, 0.6) is 0 Å². The van der Waals surface area contributed by atoms with Gasteiger partial charge in [0.25, 0.3) is 6.43 Å². The summed E-state index contributed by atoms with van der Waals surface area (Å²) in [4.78, 5) is 26.3. The number of halogens is 2. The highest BCUT2D eigenvalue weighted by atomic mass is 32.1. The molecule has 1 N–H and O–H groups in total. The number of anilines is 1. The summed E-state index contributed by atoms with van der Waals surface area (Å²) in [6.45, 7) is 4.98. The fourth-order valence-corrected chi connectivity index (χ4v) is 5.87. The number of aromatic nitrogens is 2. The Morgan fingerprint density at radius 1 is 1.22 bits per heavy atom. The van der Waals surface area contributed by atoms with Gasteiger partial charge in [0, 0.05) is 30.9 Å². The van der Waals surface area contributed by atoms with E-state index in [1.54, 1.807) is 42.2 Å². The molecule has 5 rings (SSSR count). The Kier molecular flexibility index (Phi) is 6.90. The van der Waals surface area contributed by atoms with Crippen LogP contribution in [-0.4, -0.2) is 71.2 Å². The highest BCUT2D eigenvalue weighted by Gasteiger charge is 2.43. The first-order chi connectivity index (χ1) is 17.7. The van der Waals surface area contributed by atoms with Crippen LogP contribution in [-0.2, 0) is 4.74 Å². The van der Waals surface area contributed by atoms with E-state index in [1.807, 2.05) is 7.05 Å². The minimum Gasteiger partial charge on any atom is -0.370 e. The van der Waals surface area contributed by atoms with Gasteiger partial charge < -0.3 is 14.5 Å². The molecule has 1 spiro atoms. The summed E-state index contributed by atoms with van der Waals surface area (Å²) >= 11 is 1.20. The van der Waals surface area contributed by atoms with Crippen molar-refractivity contribution >= 4 is 22.5 Å². The number of nitriles is 1. The van der Waals surface area contributed by atoms with Crippen molar-refractivity contribution in [2.24, 2.45) is 0 Å². The summed E-state index contributed by atoms with van der Waals surface area (Å²) in [5.74, 6) is 0. The molecule has 0 radical (unpaired) electrons. The number of pyridine rings is 1. The van der Waals surface area contributed by atoms with E-state index in [4.69, 9.17) is 4.74 Å². The van der Waals surface area contributed by atoms with E-state index in [1.165, 1.54) is 17.4 Å². The van der Waals surface area contributed by atoms with E-state index in [0.717, 1.165) is 19.5 Å². The van der Waals surface area contributed by atoms with Crippen LogP contribution >= 0.6 is 11.3 Å². The third-order valence-corrected chi connectivity index (χ3v) is 7.63. The molecule has 11 heteroatoms. The van der Waals surface area contributed by atoms with Crippen LogP contribution in [0.2, 0.25) is 0 Å². The van der Waals surface area contributed by atoms with E-state index in [2.05, 4.69) is 26.3 Å². The number of urea groups is 1. The number of benzene rings is 1. The third kappa shape index (κ3) is 5.32. The van der Waals surface area contributed by atoms with Gasteiger partial charge in [-0.25, -0.2) is 18.6 Å².